The highest BCUT2D eigenvalue weighted by atomic mass is 16.6. The third-order valence-corrected chi connectivity index (χ3v) is 3.71. The lowest BCUT2D eigenvalue weighted by molar-refractivity contribution is -0.385. The van der Waals surface area contributed by atoms with Gasteiger partial charge in [-0.05, 0) is 24.3 Å². The first kappa shape index (κ1) is 20.5. The van der Waals surface area contributed by atoms with Crippen LogP contribution >= 0.6 is 0 Å². The monoisotopic (exact) mass is 389 g/mol. The van der Waals surface area contributed by atoms with Gasteiger partial charge in [0.25, 0.3) is 5.91 Å². The van der Waals surface area contributed by atoms with Crippen LogP contribution in [0.5, 0.6) is 23.0 Å². The average molecular weight is 389 g/mol. The maximum absolute atomic E-state index is 12.3. The largest absolute Gasteiger partial charge is 0.493 e. The first-order chi connectivity index (χ1) is 13.4. The Labute approximate surface area is 160 Å². The number of nitro groups is 1. The quantitative estimate of drug-likeness (QED) is 0.418. The van der Waals surface area contributed by atoms with Crippen molar-refractivity contribution in [1.82, 2.24) is 5.43 Å². The number of benzene rings is 2. The number of amides is 1. The lowest BCUT2D eigenvalue weighted by Gasteiger charge is -2.13. The van der Waals surface area contributed by atoms with E-state index >= 15 is 0 Å². The average Bonchev–Trinajstić information content (AvgIpc) is 2.72. The number of nitrogens with one attached hydrogen (secondary N) is 1. The number of methoxy groups -OCH3 is 4. The van der Waals surface area contributed by atoms with E-state index < -0.39 is 10.8 Å². The van der Waals surface area contributed by atoms with Gasteiger partial charge in [0.2, 0.25) is 5.75 Å². The molecule has 10 nitrogen and oxygen atoms in total. The zero-order chi connectivity index (χ0) is 20.7. The van der Waals surface area contributed by atoms with Crippen LogP contribution in [0, 0.1) is 10.1 Å². The number of ether oxygens (including phenoxy) is 4. The topological polar surface area (TPSA) is 122 Å². The van der Waals surface area contributed by atoms with E-state index in [1.54, 1.807) is 6.07 Å². The van der Waals surface area contributed by atoms with Crippen LogP contribution in [0.25, 0.3) is 0 Å². The fourth-order valence-corrected chi connectivity index (χ4v) is 2.37. The van der Waals surface area contributed by atoms with Crippen molar-refractivity contribution in [3.8, 4) is 23.0 Å². The summed E-state index contributed by atoms with van der Waals surface area (Å²) >= 11 is 0. The molecule has 0 unspecified atom stereocenters. The number of hydrogen-bond donors (Lipinski definition) is 1. The van der Waals surface area contributed by atoms with Crippen molar-refractivity contribution in [2.24, 2.45) is 5.10 Å². The van der Waals surface area contributed by atoms with Crippen molar-refractivity contribution in [2.45, 2.75) is 0 Å². The number of carbonyl (C=O) groups excluding carboxylic acids is 1. The second-order valence-corrected chi connectivity index (χ2v) is 5.30. The number of carbonyl (C=O) groups is 1. The molecular formula is C18H19N3O7. The first-order valence-electron chi connectivity index (χ1n) is 7.91. The Bertz CT molecular complexity index is 887. The Morgan fingerprint density at radius 3 is 2.11 bits per heavy atom. The van der Waals surface area contributed by atoms with Crippen molar-refractivity contribution in [3.05, 3.63) is 51.6 Å². The molecule has 0 fully saturated rings. The number of hydrogen-bond acceptors (Lipinski definition) is 8. The Morgan fingerprint density at radius 2 is 1.61 bits per heavy atom. The number of hydrazone groups is 1. The summed E-state index contributed by atoms with van der Waals surface area (Å²) in [6, 6.07) is 7.25. The van der Waals surface area contributed by atoms with Crippen LogP contribution in [0.1, 0.15) is 15.9 Å². The molecule has 0 saturated heterocycles. The molecule has 0 aromatic heterocycles. The highest BCUT2D eigenvalue weighted by molar-refractivity contribution is 5.96. The number of nitrogens with zero attached hydrogens (tertiary/aromatic N) is 2. The summed E-state index contributed by atoms with van der Waals surface area (Å²) in [7, 11) is 5.67. The van der Waals surface area contributed by atoms with Gasteiger partial charge in [0.15, 0.2) is 17.2 Å². The zero-order valence-corrected chi connectivity index (χ0v) is 15.7. The molecule has 0 heterocycles. The third kappa shape index (κ3) is 4.47. The van der Waals surface area contributed by atoms with E-state index in [-0.39, 0.29) is 17.0 Å². The van der Waals surface area contributed by atoms with Crippen LogP contribution in [-0.2, 0) is 0 Å². The molecule has 0 bridgehead atoms. The molecule has 2 aromatic rings. The van der Waals surface area contributed by atoms with Crippen LogP contribution in [0.2, 0.25) is 0 Å². The Hall–Kier alpha value is -3.82. The van der Waals surface area contributed by atoms with Crippen molar-refractivity contribution in [1.29, 1.82) is 0 Å². The van der Waals surface area contributed by atoms with E-state index in [0.29, 0.717) is 22.8 Å². The lowest BCUT2D eigenvalue weighted by atomic mass is 10.1. The van der Waals surface area contributed by atoms with Crippen LogP contribution in [-0.4, -0.2) is 45.5 Å². The minimum atomic E-state index is -0.565. The third-order valence-electron chi connectivity index (χ3n) is 3.71. The predicted octanol–water partition coefficient (Wildman–Crippen LogP) is 2.39. The summed E-state index contributed by atoms with van der Waals surface area (Å²) in [5.41, 5.74) is 2.78. The van der Waals surface area contributed by atoms with Crippen LogP contribution in [0.4, 0.5) is 5.69 Å². The van der Waals surface area contributed by atoms with Gasteiger partial charge in [0.05, 0.1) is 39.6 Å². The first-order valence-corrected chi connectivity index (χ1v) is 7.91. The summed E-state index contributed by atoms with van der Waals surface area (Å²) in [4.78, 5) is 22.8. The van der Waals surface area contributed by atoms with Gasteiger partial charge < -0.3 is 18.9 Å². The maximum Gasteiger partial charge on any atom is 0.311 e. The zero-order valence-electron chi connectivity index (χ0n) is 15.7. The van der Waals surface area contributed by atoms with E-state index in [2.05, 4.69) is 10.5 Å². The minimum absolute atomic E-state index is 0.128. The second kappa shape index (κ2) is 9.21. The molecule has 10 heteroatoms. The van der Waals surface area contributed by atoms with Crippen molar-refractivity contribution in [2.75, 3.05) is 28.4 Å². The number of nitro benzene ring substituents is 1. The molecule has 0 atom stereocenters. The van der Waals surface area contributed by atoms with Gasteiger partial charge in [0.1, 0.15) is 0 Å². The van der Waals surface area contributed by atoms with Gasteiger partial charge in [0, 0.05) is 17.2 Å². The molecule has 2 rings (SSSR count). The molecule has 0 saturated carbocycles. The summed E-state index contributed by atoms with van der Waals surface area (Å²) in [5, 5.41) is 14.9. The number of rotatable bonds is 8. The Balaban J connectivity index is 2.20. The van der Waals surface area contributed by atoms with Crippen LogP contribution in [0.15, 0.2) is 35.4 Å². The van der Waals surface area contributed by atoms with Gasteiger partial charge in [-0.2, -0.15) is 5.10 Å². The van der Waals surface area contributed by atoms with Gasteiger partial charge in [-0.15, -0.1) is 0 Å². The lowest BCUT2D eigenvalue weighted by Crippen LogP contribution is -2.18. The molecule has 0 spiro atoms. The Morgan fingerprint density at radius 1 is 1.00 bits per heavy atom. The molecule has 28 heavy (non-hydrogen) atoms. The molecule has 2 aromatic carbocycles. The van der Waals surface area contributed by atoms with E-state index in [0.717, 1.165) is 0 Å². The molecule has 0 radical (unpaired) electrons. The van der Waals surface area contributed by atoms with Crippen molar-refractivity contribution < 1.29 is 28.7 Å². The second-order valence-electron chi connectivity index (χ2n) is 5.30. The van der Waals surface area contributed by atoms with E-state index in [1.807, 2.05) is 0 Å². The van der Waals surface area contributed by atoms with Gasteiger partial charge in [-0.3, -0.25) is 14.9 Å². The fourth-order valence-electron chi connectivity index (χ4n) is 2.37. The summed E-state index contributed by atoms with van der Waals surface area (Å²) < 4.78 is 20.5. The highest BCUT2D eigenvalue weighted by Gasteiger charge is 2.17. The summed E-state index contributed by atoms with van der Waals surface area (Å²) in [6.45, 7) is 0. The molecule has 0 aliphatic carbocycles. The van der Waals surface area contributed by atoms with Crippen LogP contribution < -0.4 is 24.4 Å². The standard InChI is InChI=1S/C18H19N3O7/c1-25-14-6-5-11(7-13(14)21(23)24)10-19-20-18(22)12-8-15(26-2)17(28-4)16(9-12)27-3/h5-10H,1-4H3,(H,20,22)/b19-10+. The SMILES string of the molecule is COc1ccc(/C=N/NC(=O)c2cc(OC)c(OC)c(OC)c2)cc1[N+](=O)[O-]. The van der Waals surface area contributed by atoms with Crippen molar-refractivity contribution >= 4 is 17.8 Å². The summed E-state index contributed by atoms with van der Waals surface area (Å²) in [5.74, 6) is 0.598. The molecular weight excluding hydrogens is 370 g/mol. The molecule has 0 aliphatic rings. The predicted molar refractivity (Wildman–Crippen MR) is 101 cm³/mol. The fraction of sp³-hybridized carbons (Fsp3) is 0.222. The van der Waals surface area contributed by atoms with E-state index in [9.17, 15) is 14.9 Å². The summed E-state index contributed by atoms with van der Waals surface area (Å²) in [6.07, 6.45) is 1.28. The normalized spacial score (nSPS) is 10.4. The van der Waals surface area contributed by atoms with Crippen molar-refractivity contribution in [3.63, 3.8) is 0 Å². The minimum Gasteiger partial charge on any atom is -0.493 e. The van der Waals surface area contributed by atoms with Gasteiger partial charge in [-0.25, -0.2) is 5.43 Å². The maximum atomic E-state index is 12.3. The molecule has 148 valence electrons. The van der Waals surface area contributed by atoms with E-state index in [4.69, 9.17) is 18.9 Å². The molecule has 1 amide bonds. The van der Waals surface area contributed by atoms with Gasteiger partial charge in [-0.1, -0.05) is 0 Å². The van der Waals surface area contributed by atoms with Crippen LogP contribution in [0.3, 0.4) is 0 Å². The smallest absolute Gasteiger partial charge is 0.311 e. The molecule has 0 aliphatic heterocycles. The molecule has 1 N–H and O–H groups in total. The highest BCUT2D eigenvalue weighted by Crippen LogP contribution is 2.38. The Kier molecular flexibility index (Phi) is 6.74. The van der Waals surface area contributed by atoms with E-state index in [1.165, 1.54) is 58.9 Å². The van der Waals surface area contributed by atoms with Gasteiger partial charge >= 0.3 is 5.69 Å².